The van der Waals surface area contributed by atoms with Crippen molar-refractivity contribution in [1.82, 2.24) is 29.1 Å². The third kappa shape index (κ3) is 6.27. The molecule has 0 bridgehead atoms. The summed E-state index contributed by atoms with van der Waals surface area (Å²) in [6, 6.07) is 5.46. The fourth-order valence-corrected chi connectivity index (χ4v) is 7.39. The van der Waals surface area contributed by atoms with Crippen molar-refractivity contribution < 1.29 is 23.1 Å². The molecular formula is C24H32N8O5S2. The van der Waals surface area contributed by atoms with Crippen LogP contribution in [-0.4, -0.2) is 107 Å². The molecular weight excluding hydrogens is 544 g/mol. The highest BCUT2D eigenvalue weighted by molar-refractivity contribution is 7.91. The van der Waals surface area contributed by atoms with Gasteiger partial charge < -0.3 is 15.3 Å². The lowest BCUT2D eigenvalue weighted by atomic mass is 10.1. The van der Waals surface area contributed by atoms with Crippen molar-refractivity contribution in [3.05, 3.63) is 35.8 Å². The minimum absolute atomic E-state index is 0.0164. The van der Waals surface area contributed by atoms with E-state index in [1.54, 1.807) is 24.9 Å². The number of fused-ring (bicyclic) bond motifs is 1. The standard InChI is InChI=1S/C24H32N8O5S2/c1-5-30(4)21(33)18-8-6-7-17-19(18)25-14-26-20(17)27-15(2)13-31-9-11-32(12-10-31)39(36,37)22-16(3)28-23(38-22)29-24(34)35/h6-8,14-15H,5,9-13H2,1-4H3,(H,28,29)(H,34,35)(H,25,26,27). The summed E-state index contributed by atoms with van der Waals surface area (Å²) < 4.78 is 27.8. The Morgan fingerprint density at radius 1 is 1.21 bits per heavy atom. The van der Waals surface area contributed by atoms with Crippen molar-refractivity contribution in [3.63, 3.8) is 0 Å². The number of aryl methyl sites for hydroxylation is 1. The molecule has 1 aromatic carbocycles. The summed E-state index contributed by atoms with van der Waals surface area (Å²) in [4.78, 5) is 40.3. The molecule has 0 radical (unpaired) electrons. The summed E-state index contributed by atoms with van der Waals surface area (Å²) in [5.74, 6) is 0.533. The summed E-state index contributed by atoms with van der Waals surface area (Å²) in [5.41, 5.74) is 1.38. The molecule has 210 valence electrons. The van der Waals surface area contributed by atoms with Crippen LogP contribution in [0.4, 0.5) is 15.7 Å². The fraction of sp³-hybridized carbons (Fsp3) is 0.458. The normalized spacial score (nSPS) is 15.7. The molecule has 13 nitrogen and oxygen atoms in total. The van der Waals surface area contributed by atoms with E-state index in [0.29, 0.717) is 56.2 Å². The average molecular weight is 577 g/mol. The zero-order chi connectivity index (χ0) is 28.3. The molecule has 2 amide bonds. The summed E-state index contributed by atoms with van der Waals surface area (Å²) in [6.45, 7) is 8.42. The van der Waals surface area contributed by atoms with Crippen LogP contribution in [0.15, 0.2) is 28.7 Å². The smallest absolute Gasteiger partial charge is 0.410 e. The molecule has 39 heavy (non-hydrogen) atoms. The predicted octanol–water partition coefficient (Wildman–Crippen LogP) is 2.38. The summed E-state index contributed by atoms with van der Waals surface area (Å²) in [5, 5.41) is 15.2. The summed E-state index contributed by atoms with van der Waals surface area (Å²) in [6.07, 6.45) is 0.153. The number of benzene rings is 1. The van der Waals surface area contributed by atoms with Crippen LogP contribution in [0.3, 0.4) is 0 Å². The topological polar surface area (TPSA) is 161 Å². The van der Waals surface area contributed by atoms with E-state index in [2.05, 4.69) is 30.5 Å². The number of sulfonamides is 1. The van der Waals surface area contributed by atoms with Crippen molar-refractivity contribution >= 4 is 55.2 Å². The molecule has 15 heteroatoms. The molecule has 1 fully saturated rings. The van der Waals surface area contributed by atoms with Crippen LogP contribution in [0.2, 0.25) is 0 Å². The number of nitrogens with one attached hydrogen (secondary N) is 2. The lowest BCUT2D eigenvalue weighted by Crippen LogP contribution is -2.50. The highest BCUT2D eigenvalue weighted by atomic mass is 32.2. The molecule has 0 aliphatic carbocycles. The number of aromatic nitrogens is 3. The van der Waals surface area contributed by atoms with E-state index in [0.717, 1.165) is 16.7 Å². The van der Waals surface area contributed by atoms with E-state index in [-0.39, 0.29) is 27.0 Å². The van der Waals surface area contributed by atoms with E-state index in [1.165, 1.54) is 10.6 Å². The molecule has 4 rings (SSSR count). The molecule has 1 aliphatic rings. The van der Waals surface area contributed by atoms with Gasteiger partial charge in [0.25, 0.3) is 15.9 Å². The number of thiazole rings is 1. The van der Waals surface area contributed by atoms with Crippen LogP contribution >= 0.6 is 11.3 Å². The van der Waals surface area contributed by atoms with Crippen molar-refractivity contribution in [3.8, 4) is 0 Å². The van der Waals surface area contributed by atoms with Gasteiger partial charge >= 0.3 is 6.09 Å². The Labute approximate surface area is 230 Å². The molecule has 1 saturated heterocycles. The molecule has 3 aromatic rings. The van der Waals surface area contributed by atoms with E-state index < -0.39 is 16.1 Å². The maximum absolute atomic E-state index is 13.2. The first-order chi connectivity index (χ1) is 18.5. The van der Waals surface area contributed by atoms with E-state index in [9.17, 15) is 18.0 Å². The minimum atomic E-state index is -3.79. The monoisotopic (exact) mass is 576 g/mol. The van der Waals surface area contributed by atoms with Crippen LogP contribution in [0, 0.1) is 6.92 Å². The first-order valence-electron chi connectivity index (χ1n) is 12.5. The Morgan fingerprint density at radius 3 is 2.59 bits per heavy atom. The Hall–Kier alpha value is -3.40. The van der Waals surface area contributed by atoms with Gasteiger partial charge in [0.1, 0.15) is 12.1 Å². The molecule has 3 heterocycles. The second kappa shape index (κ2) is 11.8. The van der Waals surface area contributed by atoms with Gasteiger partial charge in [-0.3, -0.25) is 15.0 Å². The lowest BCUT2D eigenvalue weighted by Gasteiger charge is -2.35. The van der Waals surface area contributed by atoms with Gasteiger partial charge in [0, 0.05) is 57.7 Å². The minimum Gasteiger partial charge on any atom is -0.465 e. The van der Waals surface area contributed by atoms with Crippen molar-refractivity contribution in [2.24, 2.45) is 0 Å². The Balaban J connectivity index is 1.39. The van der Waals surface area contributed by atoms with Crippen LogP contribution in [-0.2, 0) is 10.0 Å². The number of anilines is 2. The zero-order valence-corrected chi connectivity index (χ0v) is 23.8. The average Bonchev–Trinajstić information content (AvgIpc) is 3.27. The Morgan fingerprint density at radius 2 is 1.92 bits per heavy atom. The second-order valence-corrected chi connectivity index (χ2v) is 12.4. The maximum atomic E-state index is 13.2. The molecule has 0 spiro atoms. The third-order valence-corrected chi connectivity index (χ3v) is 10.1. The largest absolute Gasteiger partial charge is 0.465 e. The summed E-state index contributed by atoms with van der Waals surface area (Å²) in [7, 11) is -2.03. The van der Waals surface area contributed by atoms with E-state index in [4.69, 9.17) is 5.11 Å². The quantitative estimate of drug-likeness (QED) is 0.345. The van der Waals surface area contributed by atoms with Crippen LogP contribution in [0.1, 0.15) is 29.9 Å². The maximum Gasteiger partial charge on any atom is 0.410 e. The van der Waals surface area contributed by atoms with Gasteiger partial charge in [0.15, 0.2) is 9.34 Å². The number of carboxylic acid groups (broad SMARTS) is 1. The van der Waals surface area contributed by atoms with Gasteiger partial charge in [-0.1, -0.05) is 17.4 Å². The van der Waals surface area contributed by atoms with Crippen LogP contribution in [0.5, 0.6) is 0 Å². The van der Waals surface area contributed by atoms with Crippen LogP contribution in [0.25, 0.3) is 10.9 Å². The van der Waals surface area contributed by atoms with Crippen molar-refractivity contribution in [2.75, 3.05) is 56.9 Å². The zero-order valence-electron chi connectivity index (χ0n) is 22.2. The predicted molar refractivity (Wildman–Crippen MR) is 149 cm³/mol. The highest BCUT2D eigenvalue weighted by Crippen LogP contribution is 2.30. The first kappa shape index (κ1) is 28.6. The van der Waals surface area contributed by atoms with Gasteiger partial charge in [-0.05, 0) is 32.9 Å². The van der Waals surface area contributed by atoms with E-state index in [1.807, 2.05) is 26.0 Å². The number of carbonyl (C=O) groups excluding carboxylic acids is 1. The SMILES string of the molecule is CCN(C)C(=O)c1cccc2c(NC(C)CN3CCN(S(=O)(=O)c4sc(NC(=O)O)nc4C)CC3)ncnc12. The second-order valence-electron chi connectivity index (χ2n) is 9.32. The highest BCUT2D eigenvalue weighted by Gasteiger charge is 2.32. The lowest BCUT2D eigenvalue weighted by molar-refractivity contribution is 0.0804. The third-order valence-electron chi connectivity index (χ3n) is 6.50. The number of para-hydroxylation sites is 1. The molecule has 0 saturated carbocycles. The van der Waals surface area contributed by atoms with Gasteiger partial charge in [0.05, 0.1) is 16.8 Å². The van der Waals surface area contributed by atoms with Crippen molar-refractivity contribution in [2.45, 2.75) is 31.0 Å². The number of hydrogen-bond donors (Lipinski definition) is 3. The van der Waals surface area contributed by atoms with Gasteiger partial charge in [0.2, 0.25) is 0 Å². The number of carbonyl (C=O) groups is 2. The summed E-state index contributed by atoms with van der Waals surface area (Å²) >= 11 is 0.815. The van der Waals surface area contributed by atoms with E-state index >= 15 is 0 Å². The van der Waals surface area contributed by atoms with Crippen molar-refractivity contribution in [1.29, 1.82) is 0 Å². The Kier molecular flexibility index (Phi) is 8.64. The number of hydrogen-bond acceptors (Lipinski definition) is 10. The van der Waals surface area contributed by atoms with Crippen LogP contribution < -0.4 is 10.6 Å². The molecule has 2 aromatic heterocycles. The Bertz CT molecular complexity index is 1470. The number of piperazine rings is 1. The van der Waals surface area contributed by atoms with Gasteiger partial charge in [-0.15, -0.1) is 0 Å². The molecule has 1 aliphatic heterocycles. The fourth-order valence-electron chi connectivity index (χ4n) is 4.43. The first-order valence-corrected chi connectivity index (χ1v) is 14.7. The van der Waals surface area contributed by atoms with Gasteiger partial charge in [-0.2, -0.15) is 4.31 Å². The molecule has 1 atom stereocenters. The number of amides is 2. The molecule has 3 N–H and O–H groups in total. The molecule has 1 unspecified atom stereocenters. The number of rotatable bonds is 9. The number of nitrogens with zero attached hydrogens (tertiary/aromatic N) is 6. The van der Waals surface area contributed by atoms with Gasteiger partial charge in [-0.25, -0.2) is 28.2 Å².